The Morgan fingerprint density at radius 1 is 1.42 bits per heavy atom. The Balaban J connectivity index is 2.31. The zero-order valence-corrected chi connectivity index (χ0v) is 12.1. The molecule has 1 heterocycles. The Hall–Kier alpha value is -0.810. The third kappa shape index (κ3) is 5.78. The molecular weight excluding hydrogens is 244 g/mol. The number of carbonyl (C=O) groups excluding carboxylic acids is 1. The summed E-state index contributed by atoms with van der Waals surface area (Å²) in [6.45, 7) is 6.63. The van der Waals surface area contributed by atoms with Crippen LogP contribution in [-0.4, -0.2) is 54.0 Å². The van der Waals surface area contributed by atoms with Gasteiger partial charge in [-0.25, -0.2) is 4.79 Å². The summed E-state index contributed by atoms with van der Waals surface area (Å²) in [5, 5.41) is 21.1. The first-order chi connectivity index (χ1) is 9.06. The number of hydrogen-bond acceptors (Lipinski definition) is 3. The Bertz CT molecular complexity index is 271. The van der Waals surface area contributed by atoms with E-state index >= 15 is 0 Å². The van der Waals surface area contributed by atoms with Gasteiger partial charge in [0.25, 0.3) is 0 Å². The highest BCUT2D eigenvalue weighted by atomic mass is 16.3. The van der Waals surface area contributed by atoms with Gasteiger partial charge in [0.05, 0.1) is 0 Å². The van der Waals surface area contributed by atoms with Gasteiger partial charge in [0.15, 0.2) is 0 Å². The number of nitrogens with zero attached hydrogens (tertiary/aromatic N) is 1. The molecule has 0 spiro atoms. The standard InChI is InChI=1S/C14H28N2O3/c1-11(2)7-12(4-6-17)8-15-14(19)16-5-3-13(9-16)10-18/h11-13,17-18H,3-10H2,1-2H3,(H,15,19). The number of carbonyl (C=O) groups is 1. The monoisotopic (exact) mass is 272 g/mol. The smallest absolute Gasteiger partial charge is 0.317 e. The fourth-order valence-electron chi connectivity index (χ4n) is 2.66. The van der Waals surface area contributed by atoms with E-state index in [2.05, 4.69) is 19.2 Å². The first kappa shape index (κ1) is 16.2. The van der Waals surface area contributed by atoms with Gasteiger partial charge in [0.1, 0.15) is 0 Å². The molecule has 0 aromatic rings. The van der Waals surface area contributed by atoms with Crippen LogP contribution in [0, 0.1) is 17.8 Å². The Kier molecular flexibility index (Phi) is 7.16. The number of urea groups is 1. The second-order valence-corrected chi connectivity index (χ2v) is 5.98. The molecule has 112 valence electrons. The van der Waals surface area contributed by atoms with E-state index < -0.39 is 0 Å². The van der Waals surface area contributed by atoms with E-state index in [9.17, 15) is 4.79 Å². The van der Waals surface area contributed by atoms with Gasteiger partial charge in [0.2, 0.25) is 0 Å². The van der Waals surface area contributed by atoms with E-state index in [-0.39, 0.29) is 25.2 Å². The summed E-state index contributed by atoms with van der Waals surface area (Å²) in [6, 6.07) is -0.0392. The highest BCUT2D eigenvalue weighted by Crippen LogP contribution is 2.17. The SMILES string of the molecule is CC(C)CC(CCO)CNC(=O)N1CCC(CO)C1. The lowest BCUT2D eigenvalue weighted by molar-refractivity contribution is 0.192. The minimum Gasteiger partial charge on any atom is -0.396 e. The summed E-state index contributed by atoms with van der Waals surface area (Å²) >= 11 is 0. The molecule has 5 nitrogen and oxygen atoms in total. The molecule has 0 aromatic heterocycles. The van der Waals surface area contributed by atoms with Crippen LogP contribution in [0.25, 0.3) is 0 Å². The maximum absolute atomic E-state index is 12.0. The van der Waals surface area contributed by atoms with Crippen molar-refractivity contribution in [2.45, 2.75) is 33.1 Å². The molecule has 19 heavy (non-hydrogen) atoms. The van der Waals surface area contributed by atoms with Gasteiger partial charge in [-0.15, -0.1) is 0 Å². The lowest BCUT2D eigenvalue weighted by Crippen LogP contribution is -2.41. The molecule has 1 aliphatic rings. The number of hydrogen-bond donors (Lipinski definition) is 3. The lowest BCUT2D eigenvalue weighted by Gasteiger charge is -2.22. The van der Waals surface area contributed by atoms with Crippen molar-refractivity contribution in [3.05, 3.63) is 0 Å². The van der Waals surface area contributed by atoms with Crippen molar-refractivity contribution >= 4 is 6.03 Å². The van der Waals surface area contributed by atoms with Crippen molar-refractivity contribution in [2.75, 3.05) is 32.8 Å². The molecule has 0 radical (unpaired) electrons. The van der Waals surface area contributed by atoms with E-state index in [0.29, 0.717) is 24.9 Å². The maximum atomic E-state index is 12.0. The quantitative estimate of drug-likeness (QED) is 0.649. The molecule has 0 aliphatic carbocycles. The van der Waals surface area contributed by atoms with Crippen LogP contribution in [-0.2, 0) is 0 Å². The molecule has 1 rings (SSSR count). The largest absolute Gasteiger partial charge is 0.396 e. The van der Waals surface area contributed by atoms with Crippen molar-refractivity contribution in [1.29, 1.82) is 0 Å². The second kappa shape index (κ2) is 8.38. The normalized spacial score (nSPS) is 20.9. The highest BCUT2D eigenvalue weighted by molar-refractivity contribution is 5.74. The van der Waals surface area contributed by atoms with Crippen LogP contribution in [0.2, 0.25) is 0 Å². The predicted octanol–water partition coefficient (Wildman–Crippen LogP) is 1.05. The van der Waals surface area contributed by atoms with Crippen LogP contribution < -0.4 is 5.32 Å². The topological polar surface area (TPSA) is 72.8 Å². The van der Waals surface area contributed by atoms with Gasteiger partial charge in [0, 0.05) is 38.8 Å². The number of nitrogens with one attached hydrogen (secondary N) is 1. The van der Waals surface area contributed by atoms with Crippen LogP contribution in [0.1, 0.15) is 33.1 Å². The first-order valence-electron chi connectivity index (χ1n) is 7.31. The van der Waals surface area contributed by atoms with Crippen molar-refractivity contribution in [2.24, 2.45) is 17.8 Å². The summed E-state index contributed by atoms with van der Waals surface area (Å²) < 4.78 is 0. The van der Waals surface area contributed by atoms with Gasteiger partial charge in [-0.05, 0) is 31.1 Å². The first-order valence-corrected chi connectivity index (χ1v) is 7.31. The fraction of sp³-hybridized carbons (Fsp3) is 0.929. The highest BCUT2D eigenvalue weighted by Gasteiger charge is 2.25. The van der Waals surface area contributed by atoms with E-state index in [1.54, 1.807) is 4.90 Å². The average molecular weight is 272 g/mol. The third-order valence-corrected chi connectivity index (χ3v) is 3.72. The lowest BCUT2D eigenvalue weighted by atomic mass is 9.94. The van der Waals surface area contributed by atoms with Crippen LogP contribution >= 0.6 is 0 Å². The van der Waals surface area contributed by atoms with Gasteiger partial charge >= 0.3 is 6.03 Å². The molecule has 5 heteroatoms. The van der Waals surface area contributed by atoms with Gasteiger partial charge in [-0.2, -0.15) is 0 Å². The third-order valence-electron chi connectivity index (χ3n) is 3.72. The fourth-order valence-corrected chi connectivity index (χ4v) is 2.66. The number of rotatable bonds is 7. The number of amides is 2. The van der Waals surface area contributed by atoms with Crippen molar-refractivity contribution in [1.82, 2.24) is 10.2 Å². The van der Waals surface area contributed by atoms with Gasteiger partial charge in [-0.1, -0.05) is 13.8 Å². The minimum absolute atomic E-state index is 0.0392. The summed E-state index contributed by atoms with van der Waals surface area (Å²) in [7, 11) is 0. The van der Waals surface area contributed by atoms with E-state index in [1.165, 1.54) is 0 Å². The summed E-state index contributed by atoms with van der Waals surface area (Å²) in [4.78, 5) is 13.7. The van der Waals surface area contributed by atoms with Crippen LogP contribution in [0.4, 0.5) is 4.79 Å². The molecule has 0 aromatic carbocycles. The summed E-state index contributed by atoms with van der Waals surface area (Å²) in [6.07, 6.45) is 2.63. The zero-order chi connectivity index (χ0) is 14.3. The summed E-state index contributed by atoms with van der Waals surface area (Å²) in [5.41, 5.74) is 0. The molecule has 2 unspecified atom stereocenters. The molecule has 1 saturated heterocycles. The number of aliphatic hydroxyl groups is 2. The predicted molar refractivity (Wildman–Crippen MR) is 74.8 cm³/mol. The average Bonchev–Trinajstić information content (AvgIpc) is 2.84. The molecule has 0 bridgehead atoms. The van der Waals surface area contributed by atoms with Crippen LogP contribution in [0.5, 0.6) is 0 Å². The molecule has 3 N–H and O–H groups in total. The van der Waals surface area contributed by atoms with Crippen LogP contribution in [0.15, 0.2) is 0 Å². The van der Waals surface area contributed by atoms with E-state index in [4.69, 9.17) is 10.2 Å². The minimum atomic E-state index is -0.0392. The molecule has 2 atom stereocenters. The Labute approximate surface area is 116 Å². The Morgan fingerprint density at radius 2 is 2.16 bits per heavy atom. The molecule has 1 fully saturated rings. The molecule has 1 aliphatic heterocycles. The van der Waals surface area contributed by atoms with Crippen molar-refractivity contribution < 1.29 is 15.0 Å². The number of aliphatic hydroxyl groups excluding tert-OH is 2. The van der Waals surface area contributed by atoms with E-state index in [1.807, 2.05) is 0 Å². The van der Waals surface area contributed by atoms with Crippen LogP contribution in [0.3, 0.4) is 0 Å². The second-order valence-electron chi connectivity index (χ2n) is 5.98. The van der Waals surface area contributed by atoms with E-state index in [0.717, 1.165) is 25.8 Å². The Morgan fingerprint density at radius 3 is 2.68 bits per heavy atom. The molecule has 2 amide bonds. The van der Waals surface area contributed by atoms with Crippen molar-refractivity contribution in [3.8, 4) is 0 Å². The summed E-state index contributed by atoms with van der Waals surface area (Å²) in [5.74, 6) is 1.14. The number of likely N-dealkylation sites (tertiary alicyclic amines) is 1. The zero-order valence-electron chi connectivity index (χ0n) is 12.1. The maximum Gasteiger partial charge on any atom is 0.317 e. The van der Waals surface area contributed by atoms with Crippen molar-refractivity contribution in [3.63, 3.8) is 0 Å². The molecule has 0 saturated carbocycles. The van der Waals surface area contributed by atoms with Gasteiger partial charge < -0.3 is 20.4 Å². The van der Waals surface area contributed by atoms with Gasteiger partial charge in [-0.3, -0.25) is 0 Å². The molecular formula is C14H28N2O3.